The summed E-state index contributed by atoms with van der Waals surface area (Å²) in [6, 6.07) is 13.0. The molecule has 26 heavy (non-hydrogen) atoms. The van der Waals surface area contributed by atoms with Crippen molar-refractivity contribution in [1.82, 2.24) is 4.90 Å². The Morgan fingerprint density at radius 3 is 2.15 bits per heavy atom. The average molecular weight is 372 g/mol. The van der Waals surface area contributed by atoms with Crippen molar-refractivity contribution in [2.45, 2.75) is 13.1 Å². The summed E-state index contributed by atoms with van der Waals surface area (Å²) in [5.74, 6) is 2.97. The number of methoxy groups -OCH3 is 2. The maximum absolute atomic E-state index is 5.62. The number of hydrogen-bond acceptors (Lipinski definition) is 5. The predicted octanol–water partition coefficient (Wildman–Crippen LogP) is 4.29. The van der Waals surface area contributed by atoms with Crippen LogP contribution < -0.4 is 14.8 Å². The van der Waals surface area contributed by atoms with Crippen LogP contribution in [0.15, 0.2) is 63.8 Å². The molecule has 2 heterocycles. The normalized spacial score (nSPS) is 10.4. The summed E-state index contributed by atoms with van der Waals surface area (Å²) in [5, 5.41) is 3.76. The van der Waals surface area contributed by atoms with E-state index in [-0.39, 0.29) is 0 Å². The average Bonchev–Trinajstić information content (AvgIpc) is 3.35. The number of nitrogens with one attached hydrogen (secondary N) is 1. The molecule has 0 aliphatic heterocycles. The lowest BCUT2D eigenvalue weighted by molar-refractivity contribution is 0.329. The Balaban J connectivity index is 1.78. The molecular weight excluding hydrogens is 352 g/mol. The van der Waals surface area contributed by atoms with E-state index >= 15 is 0 Å². The molecule has 7 heteroatoms. The smallest absolute Gasteiger partial charge is 0.174 e. The molecule has 3 aromatic rings. The highest BCUT2D eigenvalue weighted by Gasteiger charge is 2.16. The molecule has 3 rings (SSSR count). The summed E-state index contributed by atoms with van der Waals surface area (Å²) in [7, 11) is 3.22. The van der Waals surface area contributed by atoms with E-state index in [2.05, 4.69) is 5.32 Å². The Hall–Kier alpha value is -2.93. The van der Waals surface area contributed by atoms with Crippen molar-refractivity contribution in [3.63, 3.8) is 0 Å². The number of rotatable bonds is 7. The third-order valence-electron chi connectivity index (χ3n) is 3.79. The van der Waals surface area contributed by atoms with Crippen LogP contribution in [0.4, 0.5) is 5.69 Å². The Morgan fingerprint density at radius 2 is 1.65 bits per heavy atom. The summed E-state index contributed by atoms with van der Waals surface area (Å²) in [5.41, 5.74) is 0.752. The van der Waals surface area contributed by atoms with E-state index in [4.69, 9.17) is 30.5 Å². The van der Waals surface area contributed by atoms with Gasteiger partial charge >= 0.3 is 0 Å². The second kappa shape index (κ2) is 8.44. The minimum Gasteiger partial charge on any atom is -0.497 e. The van der Waals surface area contributed by atoms with Crippen molar-refractivity contribution >= 4 is 23.0 Å². The number of anilines is 1. The maximum atomic E-state index is 5.62. The molecule has 2 aromatic heterocycles. The topological polar surface area (TPSA) is 60.0 Å². The van der Waals surface area contributed by atoms with Crippen LogP contribution in [-0.4, -0.2) is 24.2 Å². The lowest BCUT2D eigenvalue weighted by Crippen LogP contribution is -2.33. The Kier molecular flexibility index (Phi) is 5.80. The number of nitrogens with zero attached hydrogens (tertiary/aromatic N) is 1. The first-order chi connectivity index (χ1) is 12.7. The highest BCUT2D eigenvalue weighted by molar-refractivity contribution is 7.80. The zero-order valence-electron chi connectivity index (χ0n) is 14.6. The predicted molar refractivity (Wildman–Crippen MR) is 102 cm³/mol. The molecule has 1 aromatic carbocycles. The number of hydrogen-bond donors (Lipinski definition) is 1. The van der Waals surface area contributed by atoms with Gasteiger partial charge in [0.15, 0.2) is 5.11 Å². The molecule has 0 aliphatic carbocycles. The largest absolute Gasteiger partial charge is 0.497 e. The maximum Gasteiger partial charge on any atom is 0.174 e. The van der Waals surface area contributed by atoms with E-state index in [9.17, 15) is 0 Å². The van der Waals surface area contributed by atoms with Gasteiger partial charge in [0.1, 0.15) is 23.0 Å². The van der Waals surface area contributed by atoms with E-state index < -0.39 is 0 Å². The van der Waals surface area contributed by atoms with E-state index in [1.54, 1.807) is 32.8 Å². The molecule has 0 unspecified atom stereocenters. The summed E-state index contributed by atoms with van der Waals surface area (Å²) in [4.78, 5) is 1.96. The van der Waals surface area contributed by atoms with Crippen LogP contribution in [0.1, 0.15) is 11.5 Å². The molecule has 0 bridgehead atoms. The van der Waals surface area contributed by atoms with Crippen molar-refractivity contribution in [1.29, 1.82) is 0 Å². The number of thiocarbonyl (C=S) groups is 1. The Bertz CT molecular complexity index is 795. The van der Waals surface area contributed by atoms with Crippen LogP contribution in [0.2, 0.25) is 0 Å². The van der Waals surface area contributed by atoms with Crippen molar-refractivity contribution in [3.05, 3.63) is 66.5 Å². The first-order valence-electron chi connectivity index (χ1n) is 8.02. The summed E-state index contributed by atoms with van der Waals surface area (Å²) in [6.07, 6.45) is 3.28. The fourth-order valence-electron chi connectivity index (χ4n) is 2.48. The van der Waals surface area contributed by atoms with Gasteiger partial charge < -0.3 is 28.5 Å². The van der Waals surface area contributed by atoms with Gasteiger partial charge in [-0.15, -0.1) is 0 Å². The molecule has 0 atom stereocenters. The quantitative estimate of drug-likeness (QED) is 0.621. The van der Waals surface area contributed by atoms with E-state index in [1.165, 1.54) is 0 Å². The first kappa shape index (κ1) is 17.9. The van der Waals surface area contributed by atoms with Crippen LogP contribution in [0.25, 0.3) is 0 Å². The van der Waals surface area contributed by atoms with Gasteiger partial charge in [-0.25, -0.2) is 0 Å². The summed E-state index contributed by atoms with van der Waals surface area (Å²) < 4.78 is 21.6. The van der Waals surface area contributed by atoms with Crippen molar-refractivity contribution in [2.24, 2.45) is 0 Å². The Morgan fingerprint density at radius 1 is 1.00 bits per heavy atom. The highest BCUT2D eigenvalue weighted by atomic mass is 32.1. The molecule has 0 saturated heterocycles. The molecule has 0 saturated carbocycles. The molecule has 0 amide bonds. The van der Waals surface area contributed by atoms with Gasteiger partial charge in [-0.3, -0.25) is 0 Å². The zero-order chi connectivity index (χ0) is 18.4. The van der Waals surface area contributed by atoms with Gasteiger partial charge in [0.25, 0.3) is 0 Å². The zero-order valence-corrected chi connectivity index (χ0v) is 15.4. The van der Waals surface area contributed by atoms with E-state index in [0.717, 1.165) is 17.2 Å². The van der Waals surface area contributed by atoms with Crippen LogP contribution in [0.3, 0.4) is 0 Å². The lowest BCUT2D eigenvalue weighted by Gasteiger charge is -2.24. The van der Waals surface area contributed by atoms with Crippen molar-refractivity contribution in [3.8, 4) is 11.5 Å². The molecule has 136 valence electrons. The molecule has 1 N–H and O–H groups in total. The second-order valence-electron chi connectivity index (χ2n) is 5.51. The van der Waals surface area contributed by atoms with Gasteiger partial charge in [-0.2, -0.15) is 0 Å². The minimum absolute atomic E-state index is 0.512. The number of benzene rings is 1. The molecule has 0 aliphatic rings. The van der Waals surface area contributed by atoms with Gasteiger partial charge in [-0.05, 0) is 48.6 Å². The molecule has 0 radical (unpaired) electrons. The van der Waals surface area contributed by atoms with Gasteiger partial charge in [-0.1, -0.05) is 0 Å². The SMILES string of the molecule is COc1ccc(NC(=S)N(Cc2ccco2)Cc2ccco2)c(OC)c1. The van der Waals surface area contributed by atoms with Crippen molar-refractivity contribution < 1.29 is 18.3 Å². The second-order valence-corrected chi connectivity index (χ2v) is 5.90. The molecule has 6 nitrogen and oxygen atoms in total. The Labute approximate surface area is 157 Å². The van der Waals surface area contributed by atoms with Gasteiger partial charge in [0, 0.05) is 6.07 Å². The third-order valence-corrected chi connectivity index (χ3v) is 4.15. The monoisotopic (exact) mass is 372 g/mol. The van der Waals surface area contributed by atoms with Crippen LogP contribution in [-0.2, 0) is 13.1 Å². The fourth-order valence-corrected chi connectivity index (χ4v) is 2.72. The van der Waals surface area contributed by atoms with E-state index in [0.29, 0.717) is 29.7 Å². The van der Waals surface area contributed by atoms with Crippen LogP contribution in [0.5, 0.6) is 11.5 Å². The fraction of sp³-hybridized carbons (Fsp3) is 0.211. The minimum atomic E-state index is 0.512. The van der Waals surface area contributed by atoms with Crippen LogP contribution >= 0.6 is 12.2 Å². The van der Waals surface area contributed by atoms with Gasteiger partial charge in [0.05, 0.1) is 45.5 Å². The number of ether oxygens (including phenoxy) is 2. The van der Waals surface area contributed by atoms with Crippen LogP contribution in [0, 0.1) is 0 Å². The standard InChI is InChI=1S/C19H20N2O4S/c1-22-14-7-8-17(18(11-14)23-2)20-19(26)21(12-15-5-3-9-24-15)13-16-6-4-10-25-16/h3-11H,12-13H2,1-2H3,(H,20,26). The lowest BCUT2D eigenvalue weighted by atomic mass is 10.2. The molecule has 0 fully saturated rings. The number of furan rings is 2. The molecule has 0 spiro atoms. The first-order valence-corrected chi connectivity index (χ1v) is 8.43. The summed E-state index contributed by atoms with van der Waals surface area (Å²) in [6.45, 7) is 1.02. The molecular formula is C19H20N2O4S. The van der Waals surface area contributed by atoms with E-state index in [1.807, 2.05) is 41.3 Å². The highest BCUT2D eigenvalue weighted by Crippen LogP contribution is 2.29. The summed E-state index contributed by atoms with van der Waals surface area (Å²) >= 11 is 5.62. The third kappa shape index (κ3) is 4.37. The van der Waals surface area contributed by atoms with Crippen molar-refractivity contribution in [2.75, 3.05) is 19.5 Å². The van der Waals surface area contributed by atoms with Gasteiger partial charge in [0.2, 0.25) is 0 Å².